The van der Waals surface area contributed by atoms with Crippen molar-refractivity contribution in [3.8, 4) is 11.5 Å². The van der Waals surface area contributed by atoms with Crippen LogP contribution in [0.15, 0.2) is 36.4 Å². The highest BCUT2D eigenvalue weighted by atomic mass is 127. The number of nitrogens with one attached hydrogen (secondary N) is 1. The van der Waals surface area contributed by atoms with Crippen molar-refractivity contribution in [1.82, 2.24) is 0 Å². The SMILES string of the molecule is O=C(Nc1ccc(Cl)cc1I)c1cc(O)cc(O)c1. The molecule has 0 atom stereocenters. The van der Waals surface area contributed by atoms with E-state index in [9.17, 15) is 15.0 Å². The van der Waals surface area contributed by atoms with Crippen molar-refractivity contribution in [3.63, 3.8) is 0 Å². The minimum atomic E-state index is -0.425. The van der Waals surface area contributed by atoms with E-state index in [0.29, 0.717) is 10.7 Å². The number of phenols is 2. The molecule has 4 nitrogen and oxygen atoms in total. The topological polar surface area (TPSA) is 69.6 Å². The fourth-order valence-corrected chi connectivity index (χ4v) is 2.52. The Morgan fingerprint density at radius 2 is 1.74 bits per heavy atom. The Hall–Kier alpha value is -1.47. The fourth-order valence-electron chi connectivity index (χ4n) is 1.51. The summed E-state index contributed by atoms with van der Waals surface area (Å²) in [7, 11) is 0. The van der Waals surface area contributed by atoms with Gasteiger partial charge in [0, 0.05) is 20.2 Å². The molecule has 98 valence electrons. The van der Waals surface area contributed by atoms with Crippen molar-refractivity contribution < 1.29 is 15.0 Å². The molecule has 0 heterocycles. The molecule has 0 unspecified atom stereocenters. The molecule has 0 radical (unpaired) electrons. The van der Waals surface area contributed by atoms with E-state index >= 15 is 0 Å². The maximum atomic E-state index is 12.0. The number of hydrogen-bond donors (Lipinski definition) is 3. The molecular weight excluding hydrogens is 381 g/mol. The van der Waals surface area contributed by atoms with Crippen molar-refractivity contribution in [2.75, 3.05) is 5.32 Å². The van der Waals surface area contributed by atoms with Crippen LogP contribution in [-0.4, -0.2) is 16.1 Å². The summed E-state index contributed by atoms with van der Waals surface area (Å²) in [6.45, 7) is 0. The number of anilines is 1. The average Bonchev–Trinajstić information content (AvgIpc) is 2.31. The van der Waals surface area contributed by atoms with E-state index in [1.54, 1.807) is 18.2 Å². The van der Waals surface area contributed by atoms with Gasteiger partial charge in [0.05, 0.1) is 5.69 Å². The number of rotatable bonds is 2. The number of carbonyl (C=O) groups excluding carboxylic acids is 1. The van der Waals surface area contributed by atoms with E-state index in [0.717, 1.165) is 9.64 Å². The smallest absolute Gasteiger partial charge is 0.255 e. The lowest BCUT2D eigenvalue weighted by Crippen LogP contribution is -2.12. The molecule has 3 N–H and O–H groups in total. The first kappa shape index (κ1) is 14.0. The molecular formula is C13H9ClINO3. The van der Waals surface area contributed by atoms with Crippen LogP contribution < -0.4 is 5.32 Å². The van der Waals surface area contributed by atoms with E-state index in [1.807, 2.05) is 0 Å². The summed E-state index contributed by atoms with van der Waals surface area (Å²) in [5.74, 6) is -0.765. The minimum absolute atomic E-state index is 0.170. The van der Waals surface area contributed by atoms with Crippen molar-refractivity contribution in [3.05, 3.63) is 50.6 Å². The van der Waals surface area contributed by atoms with Crippen molar-refractivity contribution in [2.45, 2.75) is 0 Å². The number of aromatic hydroxyl groups is 2. The number of hydrogen-bond acceptors (Lipinski definition) is 3. The Balaban J connectivity index is 2.25. The average molecular weight is 390 g/mol. The molecule has 1 amide bonds. The third-order valence-corrected chi connectivity index (χ3v) is 3.47. The highest BCUT2D eigenvalue weighted by Gasteiger charge is 2.10. The van der Waals surface area contributed by atoms with Crippen LogP contribution >= 0.6 is 34.2 Å². The molecule has 6 heteroatoms. The first-order valence-electron chi connectivity index (χ1n) is 5.25. The highest BCUT2D eigenvalue weighted by Crippen LogP contribution is 2.24. The van der Waals surface area contributed by atoms with Crippen LogP contribution in [0.2, 0.25) is 5.02 Å². The lowest BCUT2D eigenvalue weighted by Gasteiger charge is -2.08. The van der Waals surface area contributed by atoms with Crippen LogP contribution in [0.5, 0.6) is 11.5 Å². The summed E-state index contributed by atoms with van der Waals surface area (Å²) >= 11 is 7.88. The van der Waals surface area contributed by atoms with Gasteiger partial charge in [0.25, 0.3) is 5.91 Å². The second kappa shape index (κ2) is 5.66. The van der Waals surface area contributed by atoms with Gasteiger partial charge in [-0.2, -0.15) is 0 Å². The Morgan fingerprint density at radius 1 is 1.11 bits per heavy atom. The van der Waals surface area contributed by atoms with Gasteiger partial charge in [-0.1, -0.05) is 11.6 Å². The quantitative estimate of drug-likeness (QED) is 0.687. The van der Waals surface area contributed by atoms with Gasteiger partial charge in [-0.15, -0.1) is 0 Å². The van der Waals surface area contributed by atoms with Gasteiger partial charge < -0.3 is 15.5 Å². The minimum Gasteiger partial charge on any atom is -0.508 e. The molecule has 0 bridgehead atoms. The van der Waals surface area contributed by atoms with Gasteiger partial charge in [0.1, 0.15) is 11.5 Å². The number of amides is 1. The monoisotopic (exact) mass is 389 g/mol. The summed E-state index contributed by atoms with van der Waals surface area (Å²) < 4.78 is 0.794. The first-order chi connectivity index (χ1) is 8.95. The molecule has 0 aliphatic rings. The summed E-state index contributed by atoms with van der Waals surface area (Å²) in [6.07, 6.45) is 0. The number of benzene rings is 2. The van der Waals surface area contributed by atoms with Crippen molar-refractivity contribution >= 4 is 45.8 Å². The first-order valence-corrected chi connectivity index (χ1v) is 6.71. The van der Waals surface area contributed by atoms with Gasteiger partial charge in [0.15, 0.2) is 0 Å². The standard InChI is InChI=1S/C13H9ClINO3/c14-8-1-2-12(11(15)5-8)16-13(19)7-3-9(17)6-10(18)4-7/h1-6,17-18H,(H,16,19). The zero-order valence-corrected chi connectivity index (χ0v) is 12.4. The molecule has 0 saturated heterocycles. The molecule has 0 aliphatic heterocycles. The normalized spacial score (nSPS) is 10.2. The second-order valence-electron chi connectivity index (χ2n) is 3.82. The molecule has 2 aromatic carbocycles. The number of phenolic OH excluding ortho intramolecular Hbond substituents is 2. The van der Waals surface area contributed by atoms with Crippen LogP contribution in [0, 0.1) is 3.57 Å². The molecule has 0 aliphatic carbocycles. The lowest BCUT2D eigenvalue weighted by molar-refractivity contribution is 0.102. The maximum absolute atomic E-state index is 12.0. The Labute approximate surface area is 128 Å². The maximum Gasteiger partial charge on any atom is 0.255 e. The third kappa shape index (κ3) is 3.51. The summed E-state index contributed by atoms with van der Waals surface area (Å²) in [6, 6.07) is 8.78. The van der Waals surface area contributed by atoms with E-state index in [-0.39, 0.29) is 17.1 Å². The largest absolute Gasteiger partial charge is 0.508 e. The second-order valence-corrected chi connectivity index (χ2v) is 5.42. The summed E-state index contributed by atoms with van der Waals surface area (Å²) in [5, 5.41) is 21.9. The van der Waals surface area contributed by atoms with Crippen LogP contribution in [0.4, 0.5) is 5.69 Å². The van der Waals surface area contributed by atoms with Crippen molar-refractivity contribution in [1.29, 1.82) is 0 Å². The fraction of sp³-hybridized carbons (Fsp3) is 0. The number of carbonyl (C=O) groups is 1. The van der Waals surface area contributed by atoms with Gasteiger partial charge in [-0.25, -0.2) is 0 Å². The molecule has 0 fully saturated rings. The van der Waals surface area contributed by atoms with E-state index in [1.165, 1.54) is 12.1 Å². The molecule has 19 heavy (non-hydrogen) atoms. The van der Waals surface area contributed by atoms with E-state index in [2.05, 4.69) is 27.9 Å². The summed E-state index contributed by atoms with van der Waals surface area (Å²) in [4.78, 5) is 12.0. The highest BCUT2D eigenvalue weighted by molar-refractivity contribution is 14.1. The Kier molecular flexibility index (Phi) is 4.16. The van der Waals surface area contributed by atoms with Gasteiger partial charge >= 0.3 is 0 Å². The van der Waals surface area contributed by atoms with Crippen molar-refractivity contribution in [2.24, 2.45) is 0 Å². The molecule has 0 saturated carbocycles. The Bertz CT molecular complexity index is 626. The predicted octanol–water partition coefficient (Wildman–Crippen LogP) is 3.61. The van der Waals surface area contributed by atoms with Gasteiger partial charge in [-0.05, 0) is 52.9 Å². The summed E-state index contributed by atoms with van der Waals surface area (Å²) in [5.41, 5.74) is 0.779. The molecule has 2 rings (SSSR count). The van der Waals surface area contributed by atoms with E-state index < -0.39 is 5.91 Å². The van der Waals surface area contributed by atoms with Gasteiger partial charge in [-0.3, -0.25) is 4.79 Å². The zero-order valence-electron chi connectivity index (χ0n) is 9.52. The van der Waals surface area contributed by atoms with Crippen LogP contribution in [-0.2, 0) is 0 Å². The third-order valence-electron chi connectivity index (χ3n) is 2.34. The molecule has 2 aromatic rings. The van der Waals surface area contributed by atoms with Gasteiger partial charge in [0.2, 0.25) is 0 Å². The van der Waals surface area contributed by atoms with Crippen LogP contribution in [0.3, 0.4) is 0 Å². The van der Waals surface area contributed by atoms with E-state index in [4.69, 9.17) is 11.6 Å². The zero-order chi connectivity index (χ0) is 14.0. The lowest BCUT2D eigenvalue weighted by atomic mass is 10.2. The predicted molar refractivity (Wildman–Crippen MR) is 81.9 cm³/mol. The molecule has 0 spiro atoms. The number of halogens is 2. The Morgan fingerprint density at radius 3 is 2.32 bits per heavy atom. The van der Waals surface area contributed by atoms with Crippen LogP contribution in [0.1, 0.15) is 10.4 Å². The molecule has 0 aromatic heterocycles. The van der Waals surface area contributed by atoms with Crippen LogP contribution in [0.25, 0.3) is 0 Å².